The van der Waals surface area contributed by atoms with Gasteiger partial charge in [-0.1, -0.05) is 56.3 Å². The van der Waals surface area contributed by atoms with Crippen molar-refractivity contribution >= 4 is 21.6 Å². The van der Waals surface area contributed by atoms with E-state index in [4.69, 9.17) is 4.74 Å². The van der Waals surface area contributed by atoms with E-state index in [1.807, 2.05) is 54.6 Å². The van der Waals surface area contributed by atoms with Crippen molar-refractivity contribution in [2.75, 3.05) is 11.9 Å². The molecule has 7 heteroatoms. The van der Waals surface area contributed by atoms with Crippen molar-refractivity contribution in [1.82, 2.24) is 4.72 Å². The summed E-state index contributed by atoms with van der Waals surface area (Å²) in [6.07, 6.45) is 0. The number of sulfonamides is 1. The predicted octanol–water partition coefficient (Wildman–Crippen LogP) is 4.31. The van der Waals surface area contributed by atoms with Gasteiger partial charge in [0.15, 0.2) is 6.61 Å². The molecule has 0 heterocycles. The molecule has 162 valence electrons. The molecular formula is C24H26N2O4S. The van der Waals surface area contributed by atoms with Crippen molar-refractivity contribution in [1.29, 1.82) is 0 Å². The lowest BCUT2D eigenvalue weighted by atomic mass is 10.0. The molecule has 1 amide bonds. The monoisotopic (exact) mass is 438 g/mol. The van der Waals surface area contributed by atoms with Gasteiger partial charge in [0.2, 0.25) is 10.0 Å². The molecule has 6 nitrogen and oxygen atoms in total. The van der Waals surface area contributed by atoms with Crippen molar-refractivity contribution in [2.24, 2.45) is 0 Å². The van der Waals surface area contributed by atoms with Gasteiger partial charge < -0.3 is 10.1 Å². The van der Waals surface area contributed by atoms with Crippen molar-refractivity contribution in [3.63, 3.8) is 0 Å². The van der Waals surface area contributed by atoms with Gasteiger partial charge in [0.1, 0.15) is 5.75 Å². The number of carbonyl (C=O) groups excluding carboxylic acids is 1. The second-order valence-electron chi connectivity index (χ2n) is 7.40. The first kappa shape index (κ1) is 22.5. The molecule has 3 aromatic carbocycles. The molecule has 2 N–H and O–H groups in total. The topological polar surface area (TPSA) is 84.5 Å². The van der Waals surface area contributed by atoms with E-state index in [0.29, 0.717) is 17.4 Å². The lowest BCUT2D eigenvalue weighted by molar-refractivity contribution is -0.118. The summed E-state index contributed by atoms with van der Waals surface area (Å²) in [5, 5.41) is 2.78. The Labute approximate surface area is 183 Å². The summed E-state index contributed by atoms with van der Waals surface area (Å²) in [5.41, 5.74) is 2.77. The molecule has 0 unspecified atom stereocenters. The summed E-state index contributed by atoms with van der Waals surface area (Å²) in [6, 6.07) is 22.9. The van der Waals surface area contributed by atoms with E-state index >= 15 is 0 Å². The van der Waals surface area contributed by atoms with Gasteiger partial charge in [-0.2, -0.15) is 0 Å². The largest absolute Gasteiger partial charge is 0.484 e. The van der Waals surface area contributed by atoms with Gasteiger partial charge in [0.05, 0.1) is 4.90 Å². The maximum atomic E-state index is 12.4. The highest BCUT2D eigenvalue weighted by atomic mass is 32.2. The van der Waals surface area contributed by atoms with E-state index in [1.54, 1.807) is 0 Å². The van der Waals surface area contributed by atoms with E-state index in [0.717, 1.165) is 5.56 Å². The van der Waals surface area contributed by atoms with Crippen LogP contribution in [-0.4, -0.2) is 20.9 Å². The van der Waals surface area contributed by atoms with Crippen LogP contribution in [0, 0.1) is 0 Å². The Morgan fingerprint density at radius 1 is 0.903 bits per heavy atom. The molecule has 0 fully saturated rings. The first-order chi connectivity index (χ1) is 14.8. The SMILES string of the molecule is CC(C)c1ccc(NC(=O)COc2ccc(S(=O)(=O)NCc3ccccc3)cc2)cc1. The number of hydrogen-bond donors (Lipinski definition) is 2. The minimum atomic E-state index is -3.64. The van der Waals surface area contributed by atoms with Crippen LogP contribution in [0.1, 0.15) is 30.9 Å². The minimum Gasteiger partial charge on any atom is -0.484 e. The van der Waals surface area contributed by atoms with Crippen LogP contribution in [-0.2, 0) is 21.4 Å². The first-order valence-electron chi connectivity index (χ1n) is 10.00. The minimum absolute atomic E-state index is 0.130. The Morgan fingerprint density at radius 3 is 2.16 bits per heavy atom. The van der Waals surface area contributed by atoms with E-state index in [9.17, 15) is 13.2 Å². The maximum Gasteiger partial charge on any atom is 0.262 e. The Hall–Kier alpha value is -3.16. The van der Waals surface area contributed by atoms with Gasteiger partial charge in [-0.3, -0.25) is 4.79 Å². The number of hydrogen-bond acceptors (Lipinski definition) is 4. The summed E-state index contributed by atoms with van der Waals surface area (Å²) in [6.45, 7) is 4.25. The summed E-state index contributed by atoms with van der Waals surface area (Å²) >= 11 is 0. The highest BCUT2D eigenvalue weighted by Crippen LogP contribution is 2.18. The van der Waals surface area contributed by atoms with Crippen molar-refractivity contribution in [2.45, 2.75) is 31.2 Å². The molecule has 0 spiro atoms. The van der Waals surface area contributed by atoms with Crippen LogP contribution in [0.15, 0.2) is 83.8 Å². The molecule has 3 aromatic rings. The zero-order valence-electron chi connectivity index (χ0n) is 17.5. The Balaban J connectivity index is 1.51. The standard InChI is InChI=1S/C24H26N2O4S/c1-18(2)20-8-10-21(11-9-20)26-24(27)17-30-22-12-14-23(15-13-22)31(28,29)25-16-19-6-4-3-5-7-19/h3-15,18,25H,16-17H2,1-2H3,(H,26,27). The Kier molecular flexibility index (Phi) is 7.44. The molecule has 0 saturated heterocycles. The van der Waals surface area contributed by atoms with Crippen LogP contribution < -0.4 is 14.8 Å². The number of benzene rings is 3. The number of rotatable bonds is 9. The van der Waals surface area contributed by atoms with Crippen molar-refractivity contribution < 1.29 is 17.9 Å². The van der Waals surface area contributed by atoms with Gasteiger partial charge in [-0.15, -0.1) is 0 Å². The fourth-order valence-electron chi connectivity index (χ4n) is 2.87. The van der Waals surface area contributed by atoms with Gasteiger partial charge in [-0.25, -0.2) is 13.1 Å². The maximum absolute atomic E-state index is 12.4. The van der Waals surface area contributed by atoms with Crippen LogP contribution in [0.4, 0.5) is 5.69 Å². The second-order valence-corrected chi connectivity index (χ2v) is 9.16. The van der Waals surface area contributed by atoms with Gasteiger partial charge >= 0.3 is 0 Å². The Morgan fingerprint density at radius 2 is 1.55 bits per heavy atom. The lowest BCUT2D eigenvalue weighted by Gasteiger charge is -2.10. The quantitative estimate of drug-likeness (QED) is 0.522. The molecule has 0 aliphatic rings. The Bertz CT molecular complexity index is 1090. The van der Waals surface area contributed by atoms with Crippen molar-refractivity contribution in [3.05, 3.63) is 90.0 Å². The van der Waals surface area contributed by atoms with Crippen molar-refractivity contribution in [3.8, 4) is 5.75 Å². The number of ether oxygens (including phenoxy) is 1. The number of amides is 1. The van der Waals surface area contributed by atoms with E-state index < -0.39 is 10.0 Å². The van der Waals surface area contributed by atoms with Crippen LogP contribution in [0.25, 0.3) is 0 Å². The van der Waals surface area contributed by atoms with Gasteiger partial charge in [-0.05, 0) is 53.4 Å². The third-order valence-corrected chi connectivity index (χ3v) is 6.09. The molecule has 0 aliphatic heterocycles. The summed E-state index contributed by atoms with van der Waals surface area (Å²) in [5.74, 6) is 0.541. The third-order valence-electron chi connectivity index (χ3n) is 4.67. The summed E-state index contributed by atoms with van der Waals surface area (Å²) in [7, 11) is -3.64. The fraction of sp³-hybridized carbons (Fsp3) is 0.208. The molecule has 0 atom stereocenters. The zero-order valence-corrected chi connectivity index (χ0v) is 18.4. The molecule has 31 heavy (non-hydrogen) atoms. The van der Waals surface area contributed by atoms with E-state index in [2.05, 4.69) is 23.9 Å². The molecule has 0 saturated carbocycles. The summed E-state index contributed by atoms with van der Waals surface area (Å²) < 4.78 is 32.9. The van der Waals surface area contributed by atoms with E-state index in [1.165, 1.54) is 29.8 Å². The number of carbonyl (C=O) groups is 1. The molecule has 0 aliphatic carbocycles. The van der Waals surface area contributed by atoms with Crippen LogP contribution >= 0.6 is 0 Å². The zero-order chi connectivity index (χ0) is 22.3. The molecule has 0 bridgehead atoms. The molecule has 0 aromatic heterocycles. The van der Waals surface area contributed by atoms with E-state index in [-0.39, 0.29) is 24.0 Å². The highest BCUT2D eigenvalue weighted by Gasteiger charge is 2.14. The third kappa shape index (κ3) is 6.67. The summed E-state index contributed by atoms with van der Waals surface area (Å²) in [4.78, 5) is 12.2. The van der Waals surface area contributed by atoms with Crippen LogP contribution in [0.3, 0.4) is 0 Å². The van der Waals surface area contributed by atoms with Crippen LogP contribution in [0.2, 0.25) is 0 Å². The van der Waals surface area contributed by atoms with Gasteiger partial charge in [0.25, 0.3) is 5.91 Å². The first-order valence-corrected chi connectivity index (χ1v) is 11.5. The average molecular weight is 439 g/mol. The van der Waals surface area contributed by atoms with Gasteiger partial charge in [0, 0.05) is 12.2 Å². The average Bonchev–Trinajstić information content (AvgIpc) is 2.78. The van der Waals surface area contributed by atoms with Crippen LogP contribution in [0.5, 0.6) is 5.75 Å². The second kappa shape index (κ2) is 10.2. The fourth-order valence-corrected chi connectivity index (χ4v) is 3.89. The molecular weight excluding hydrogens is 412 g/mol. The predicted molar refractivity (Wildman–Crippen MR) is 122 cm³/mol. The number of anilines is 1. The molecule has 0 radical (unpaired) electrons. The lowest BCUT2D eigenvalue weighted by Crippen LogP contribution is -2.23. The number of nitrogens with one attached hydrogen (secondary N) is 2. The normalized spacial score (nSPS) is 11.3. The smallest absolute Gasteiger partial charge is 0.262 e. The molecule has 3 rings (SSSR count). The highest BCUT2D eigenvalue weighted by molar-refractivity contribution is 7.89.